The van der Waals surface area contributed by atoms with Crippen molar-refractivity contribution in [3.05, 3.63) is 58.5 Å². The molecule has 0 aliphatic heterocycles. The summed E-state index contributed by atoms with van der Waals surface area (Å²) in [6.07, 6.45) is 8.08. The molecule has 1 aliphatic rings. The zero-order valence-electron chi connectivity index (χ0n) is 14.7. The van der Waals surface area contributed by atoms with E-state index < -0.39 is 0 Å². The van der Waals surface area contributed by atoms with Gasteiger partial charge in [-0.15, -0.1) is 0 Å². The lowest BCUT2D eigenvalue weighted by Crippen LogP contribution is -2.24. The molecule has 6 heteroatoms. The summed E-state index contributed by atoms with van der Waals surface area (Å²) in [6, 6.07) is 11.7. The number of hydrogen-bond acceptors (Lipinski definition) is 5. The Kier molecular flexibility index (Phi) is 4.93. The minimum Gasteiger partial charge on any atom is -0.488 e. The third kappa shape index (κ3) is 3.33. The molecule has 5 nitrogen and oxygen atoms in total. The number of aromatic nitrogens is 3. The maximum atomic E-state index is 12.9. The summed E-state index contributed by atoms with van der Waals surface area (Å²) in [6.45, 7) is 0.410. The summed E-state index contributed by atoms with van der Waals surface area (Å²) in [7, 11) is 0. The summed E-state index contributed by atoms with van der Waals surface area (Å²) in [5.41, 5.74) is 1.70. The molecule has 0 atom stereocenters. The van der Waals surface area contributed by atoms with Gasteiger partial charge in [0, 0.05) is 18.3 Å². The molecule has 0 radical (unpaired) electrons. The highest BCUT2D eigenvalue weighted by Gasteiger charge is 2.22. The van der Waals surface area contributed by atoms with Gasteiger partial charge in [-0.3, -0.25) is 9.36 Å². The molecule has 134 valence electrons. The molecule has 1 aromatic carbocycles. The van der Waals surface area contributed by atoms with Gasteiger partial charge in [0.25, 0.3) is 5.56 Å². The van der Waals surface area contributed by atoms with Crippen molar-refractivity contribution in [3.63, 3.8) is 0 Å². The molecule has 1 aliphatic carbocycles. The molecule has 0 saturated heterocycles. The van der Waals surface area contributed by atoms with Gasteiger partial charge in [0.1, 0.15) is 12.4 Å². The van der Waals surface area contributed by atoms with E-state index >= 15 is 0 Å². The predicted octanol–water partition coefficient (Wildman–Crippen LogP) is 4.21. The maximum absolute atomic E-state index is 12.9. The molecular weight excluding hydrogens is 346 g/mol. The molecule has 1 saturated carbocycles. The van der Waals surface area contributed by atoms with E-state index in [-0.39, 0.29) is 11.6 Å². The minimum atomic E-state index is -0.0433. The minimum absolute atomic E-state index is 0.0433. The second kappa shape index (κ2) is 7.50. The van der Waals surface area contributed by atoms with Crippen LogP contribution in [0.4, 0.5) is 0 Å². The van der Waals surface area contributed by atoms with Crippen molar-refractivity contribution in [2.24, 2.45) is 0 Å². The van der Waals surface area contributed by atoms with Crippen molar-refractivity contribution in [3.8, 4) is 5.75 Å². The fourth-order valence-electron chi connectivity index (χ4n) is 3.55. The van der Waals surface area contributed by atoms with Gasteiger partial charge in [-0.1, -0.05) is 54.9 Å². The Morgan fingerprint density at radius 2 is 2.00 bits per heavy atom. The number of benzene rings is 1. The first kappa shape index (κ1) is 17.1. The van der Waals surface area contributed by atoms with Crippen molar-refractivity contribution < 1.29 is 4.74 Å². The van der Waals surface area contributed by atoms with Crippen LogP contribution in [0.3, 0.4) is 0 Å². The van der Waals surface area contributed by atoms with E-state index in [0.29, 0.717) is 23.2 Å². The summed E-state index contributed by atoms with van der Waals surface area (Å²) >= 11 is 1.48. The van der Waals surface area contributed by atoms with Crippen LogP contribution < -0.4 is 10.3 Å². The third-order valence-corrected chi connectivity index (χ3v) is 5.40. The highest BCUT2D eigenvalue weighted by atomic mass is 32.2. The fraction of sp³-hybridized carbons (Fsp3) is 0.350. The van der Waals surface area contributed by atoms with Crippen LogP contribution in [0, 0.1) is 0 Å². The average molecular weight is 367 g/mol. The van der Waals surface area contributed by atoms with Crippen LogP contribution in [-0.4, -0.2) is 20.8 Å². The first-order chi connectivity index (χ1) is 12.8. The monoisotopic (exact) mass is 367 g/mol. The Bertz CT molecular complexity index is 966. The SMILES string of the molecule is CSc1ncc2c(OCc3ccccc3)cc(=O)n(C3CCCC3)c2n1. The molecular formula is C20H21N3O2S. The van der Waals surface area contributed by atoms with Crippen LogP contribution in [0.2, 0.25) is 0 Å². The number of hydrogen-bond donors (Lipinski definition) is 0. The van der Waals surface area contributed by atoms with Crippen molar-refractivity contribution in [1.29, 1.82) is 0 Å². The topological polar surface area (TPSA) is 57.0 Å². The Hall–Kier alpha value is -2.34. The number of thioether (sulfide) groups is 1. The number of rotatable bonds is 5. The molecule has 2 aromatic heterocycles. The Balaban J connectivity index is 1.78. The molecule has 0 N–H and O–H groups in total. The molecule has 3 aromatic rings. The predicted molar refractivity (Wildman–Crippen MR) is 104 cm³/mol. The summed E-state index contributed by atoms with van der Waals surface area (Å²) < 4.78 is 7.82. The number of ether oxygens (including phenoxy) is 1. The summed E-state index contributed by atoms with van der Waals surface area (Å²) in [5, 5.41) is 1.47. The first-order valence-electron chi connectivity index (χ1n) is 8.89. The molecule has 0 bridgehead atoms. The van der Waals surface area contributed by atoms with E-state index in [4.69, 9.17) is 4.74 Å². The highest BCUT2D eigenvalue weighted by Crippen LogP contribution is 2.33. The number of pyridine rings is 1. The molecule has 1 fully saturated rings. The normalized spacial score (nSPS) is 14.8. The van der Waals surface area contributed by atoms with Crippen LogP contribution in [0.1, 0.15) is 37.3 Å². The van der Waals surface area contributed by atoms with Gasteiger partial charge in [-0.2, -0.15) is 0 Å². The Labute approximate surface area is 156 Å². The molecule has 0 amide bonds. The van der Waals surface area contributed by atoms with E-state index in [2.05, 4.69) is 9.97 Å². The van der Waals surface area contributed by atoms with Crippen molar-refractivity contribution >= 4 is 22.8 Å². The van der Waals surface area contributed by atoms with Gasteiger partial charge in [-0.05, 0) is 24.7 Å². The maximum Gasteiger partial charge on any atom is 0.256 e. The largest absolute Gasteiger partial charge is 0.488 e. The lowest BCUT2D eigenvalue weighted by atomic mass is 10.2. The van der Waals surface area contributed by atoms with Gasteiger partial charge < -0.3 is 4.74 Å². The van der Waals surface area contributed by atoms with Crippen LogP contribution in [0.25, 0.3) is 11.0 Å². The van der Waals surface area contributed by atoms with E-state index in [1.165, 1.54) is 11.8 Å². The second-order valence-corrected chi connectivity index (χ2v) is 7.30. The van der Waals surface area contributed by atoms with E-state index in [9.17, 15) is 4.79 Å². The van der Waals surface area contributed by atoms with E-state index in [0.717, 1.165) is 36.6 Å². The van der Waals surface area contributed by atoms with Crippen molar-refractivity contribution in [2.75, 3.05) is 6.26 Å². The average Bonchev–Trinajstić information content (AvgIpc) is 3.20. The summed E-state index contributed by atoms with van der Waals surface area (Å²) in [4.78, 5) is 21.9. The molecule has 4 rings (SSSR count). The molecule has 2 heterocycles. The quantitative estimate of drug-likeness (QED) is 0.499. The standard InChI is InChI=1S/C20H21N3O2S/c1-26-20-21-12-16-17(25-13-14-7-3-2-4-8-14)11-18(24)23(19(16)22-20)15-9-5-6-10-15/h2-4,7-8,11-12,15H,5-6,9-10,13H2,1H3. The summed E-state index contributed by atoms with van der Waals surface area (Å²) in [5.74, 6) is 0.552. The molecule has 0 spiro atoms. The van der Waals surface area contributed by atoms with Gasteiger partial charge in [0.2, 0.25) is 0 Å². The van der Waals surface area contributed by atoms with Gasteiger partial charge in [-0.25, -0.2) is 9.97 Å². The van der Waals surface area contributed by atoms with Crippen LogP contribution in [0.15, 0.2) is 52.5 Å². The van der Waals surface area contributed by atoms with Gasteiger partial charge >= 0.3 is 0 Å². The van der Waals surface area contributed by atoms with E-state index in [1.54, 1.807) is 12.3 Å². The fourth-order valence-corrected chi connectivity index (χ4v) is 3.88. The zero-order valence-corrected chi connectivity index (χ0v) is 15.5. The van der Waals surface area contributed by atoms with E-state index in [1.807, 2.05) is 41.2 Å². The van der Waals surface area contributed by atoms with Crippen LogP contribution in [0.5, 0.6) is 5.75 Å². The van der Waals surface area contributed by atoms with Crippen LogP contribution >= 0.6 is 11.8 Å². The second-order valence-electron chi connectivity index (χ2n) is 6.52. The van der Waals surface area contributed by atoms with Crippen LogP contribution in [-0.2, 0) is 6.61 Å². The molecule has 0 unspecified atom stereocenters. The number of fused-ring (bicyclic) bond motifs is 1. The lowest BCUT2D eigenvalue weighted by molar-refractivity contribution is 0.308. The first-order valence-corrected chi connectivity index (χ1v) is 10.1. The van der Waals surface area contributed by atoms with Crippen molar-refractivity contribution in [1.82, 2.24) is 14.5 Å². The van der Waals surface area contributed by atoms with Gasteiger partial charge in [0.15, 0.2) is 10.8 Å². The van der Waals surface area contributed by atoms with Gasteiger partial charge in [0.05, 0.1) is 5.39 Å². The molecule has 26 heavy (non-hydrogen) atoms. The number of nitrogens with zero attached hydrogens (tertiary/aromatic N) is 3. The van der Waals surface area contributed by atoms with Crippen molar-refractivity contribution in [2.45, 2.75) is 43.5 Å². The Morgan fingerprint density at radius 3 is 2.73 bits per heavy atom. The lowest BCUT2D eigenvalue weighted by Gasteiger charge is -2.18. The highest BCUT2D eigenvalue weighted by molar-refractivity contribution is 7.98. The zero-order chi connectivity index (χ0) is 17.9. The Morgan fingerprint density at radius 1 is 1.23 bits per heavy atom. The third-order valence-electron chi connectivity index (χ3n) is 4.84. The smallest absolute Gasteiger partial charge is 0.256 e.